The molecule has 0 aromatic heterocycles. The van der Waals surface area contributed by atoms with Crippen molar-refractivity contribution in [1.82, 2.24) is 10.2 Å². The van der Waals surface area contributed by atoms with Crippen LogP contribution in [0.3, 0.4) is 0 Å². The maximum absolute atomic E-state index is 11.6. The van der Waals surface area contributed by atoms with E-state index in [2.05, 4.69) is 12.2 Å². The Balaban J connectivity index is 2.27. The topological polar surface area (TPSA) is 41.6 Å². The highest BCUT2D eigenvalue weighted by Crippen LogP contribution is 2.11. The van der Waals surface area contributed by atoms with E-state index >= 15 is 0 Å². The van der Waals surface area contributed by atoms with Gasteiger partial charge >= 0.3 is 6.09 Å². The third-order valence-corrected chi connectivity index (χ3v) is 2.58. The van der Waals surface area contributed by atoms with Crippen LogP contribution in [0, 0.1) is 0 Å². The zero-order chi connectivity index (χ0) is 11.3. The summed E-state index contributed by atoms with van der Waals surface area (Å²) < 4.78 is 5.15. The van der Waals surface area contributed by atoms with Crippen LogP contribution < -0.4 is 5.32 Å². The van der Waals surface area contributed by atoms with Gasteiger partial charge in [0.15, 0.2) is 0 Å². The molecule has 1 heterocycles. The number of rotatable bonds is 3. The lowest BCUT2D eigenvalue weighted by Gasteiger charge is -2.32. The summed E-state index contributed by atoms with van der Waals surface area (Å²) >= 11 is 0. The van der Waals surface area contributed by atoms with Crippen LogP contribution in [-0.2, 0) is 4.74 Å². The summed E-state index contributed by atoms with van der Waals surface area (Å²) in [6, 6.07) is 0.568. The molecule has 1 aliphatic heterocycles. The predicted octanol–water partition coefficient (Wildman–Crippen LogP) is 1.61. The van der Waals surface area contributed by atoms with Gasteiger partial charge in [0.25, 0.3) is 0 Å². The van der Waals surface area contributed by atoms with Gasteiger partial charge < -0.3 is 15.0 Å². The third kappa shape index (κ3) is 4.08. The average Bonchev–Trinajstić information content (AvgIpc) is 2.18. The number of nitrogens with one attached hydrogen (secondary N) is 1. The van der Waals surface area contributed by atoms with Crippen LogP contribution in [-0.4, -0.2) is 42.8 Å². The van der Waals surface area contributed by atoms with Gasteiger partial charge in [-0.3, -0.25) is 0 Å². The smallest absolute Gasteiger partial charge is 0.410 e. The minimum absolute atomic E-state index is 0.0241. The van der Waals surface area contributed by atoms with Gasteiger partial charge in [-0.2, -0.15) is 0 Å². The Morgan fingerprint density at radius 3 is 2.53 bits per heavy atom. The number of hydrogen-bond acceptors (Lipinski definition) is 3. The zero-order valence-corrected chi connectivity index (χ0v) is 9.95. The van der Waals surface area contributed by atoms with Gasteiger partial charge in [0, 0.05) is 19.1 Å². The number of carbonyl (C=O) groups excluding carboxylic acids is 1. The standard InChI is InChI=1S/C11H22N2O2/c1-4-12-10-5-7-13(8-6-10)11(14)15-9(2)3/h9-10,12H,4-8H2,1-3H3. The van der Waals surface area contributed by atoms with E-state index in [4.69, 9.17) is 4.74 Å². The molecule has 0 aliphatic carbocycles. The lowest BCUT2D eigenvalue weighted by molar-refractivity contribution is 0.0680. The van der Waals surface area contributed by atoms with E-state index in [1.807, 2.05) is 13.8 Å². The number of carbonyl (C=O) groups is 1. The maximum Gasteiger partial charge on any atom is 0.410 e. The lowest BCUT2D eigenvalue weighted by Crippen LogP contribution is -2.45. The summed E-state index contributed by atoms with van der Waals surface area (Å²) in [5.41, 5.74) is 0. The second-order valence-corrected chi connectivity index (χ2v) is 4.25. The summed E-state index contributed by atoms with van der Waals surface area (Å²) in [5.74, 6) is 0. The van der Waals surface area contributed by atoms with Crippen molar-refractivity contribution < 1.29 is 9.53 Å². The van der Waals surface area contributed by atoms with Gasteiger partial charge in [-0.05, 0) is 33.2 Å². The van der Waals surface area contributed by atoms with Gasteiger partial charge in [-0.15, -0.1) is 0 Å². The van der Waals surface area contributed by atoms with E-state index in [1.54, 1.807) is 4.90 Å². The van der Waals surface area contributed by atoms with Crippen LogP contribution in [0.5, 0.6) is 0 Å². The van der Waals surface area contributed by atoms with Crippen molar-refractivity contribution in [1.29, 1.82) is 0 Å². The summed E-state index contributed by atoms with van der Waals surface area (Å²) in [5, 5.41) is 3.41. The van der Waals surface area contributed by atoms with Crippen LogP contribution in [0.4, 0.5) is 4.79 Å². The Bertz CT molecular complexity index is 199. The fourth-order valence-corrected chi connectivity index (χ4v) is 1.83. The molecular weight excluding hydrogens is 192 g/mol. The first kappa shape index (κ1) is 12.3. The highest BCUT2D eigenvalue weighted by atomic mass is 16.6. The first-order valence-corrected chi connectivity index (χ1v) is 5.82. The molecule has 1 saturated heterocycles. The number of ether oxygens (including phenoxy) is 1. The van der Waals surface area contributed by atoms with E-state index < -0.39 is 0 Å². The van der Waals surface area contributed by atoms with E-state index in [1.165, 1.54) is 0 Å². The predicted molar refractivity (Wildman–Crippen MR) is 59.9 cm³/mol. The third-order valence-electron chi connectivity index (χ3n) is 2.58. The summed E-state index contributed by atoms with van der Waals surface area (Å²) in [7, 11) is 0. The first-order chi connectivity index (χ1) is 7.13. The van der Waals surface area contributed by atoms with Crippen molar-refractivity contribution in [3.8, 4) is 0 Å². The summed E-state index contributed by atoms with van der Waals surface area (Å²) in [6.07, 6.45) is 1.87. The van der Waals surface area contributed by atoms with Crippen LogP contribution in [0.25, 0.3) is 0 Å². The summed E-state index contributed by atoms with van der Waals surface area (Å²) in [4.78, 5) is 13.4. The molecule has 1 amide bonds. The van der Waals surface area contributed by atoms with Crippen molar-refractivity contribution in [2.75, 3.05) is 19.6 Å². The van der Waals surface area contributed by atoms with Crippen molar-refractivity contribution in [2.45, 2.75) is 45.8 Å². The van der Waals surface area contributed by atoms with Gasteiger partial charge in [-0.25, -0.2) is 4.79 Å². The number of likely N-dealkylation sites (tertiary alicyclic amines) is 1. The number of amides is 1. The van der Waals surface area contributed by atoms with Gasteiger partial charge in [0.1, 0.15) is 0 Å². The Hall–Kier alpha value is -0.770. The van der Waals surface area contributed by atoms with Gasteiger partial charge in [-0.1, -0.05) is 6.92 Å². The molecule has 4 nitrogen and oxygen atoms in total. The van der Waals surface area contributed by atoms with Crippen LogP contribution in [0.1, 0.15) is 33.6 Å². The number of piperidine rings is 1. The van der Waals surface area contributed by atoms with Crippen molar-refractivity contribution in [2.24, 2.45) is 0 Å². The Morgan fingerprint density at radius 1 is 1.47 bits per heavy atom. The SMILES string of the molecule is CCNC1CCN(C(=O)OC(C)C)CC1. The monoisotopic (exact) mass is 214 g/mol. The molecule has 0 bridgehead atoms. The molecule has 0 aromatic rings. The fraction of sp³-hybridized carbons (Fsp3) is 0.909. The minimum Gasteiger partial charge on any atom is -0.447 e. The molecule has 15 heavy (non-hydrogen) atoms. The molecule has 0 spiro atoms. The molecule has 0 atom stereocenters. The molecule has 0 radical (unpaired) electrons. The molecular formula is C11H22N2O2. The van der Waals surface area contributed by atoms with Crippen molar-refractivity contribution >= 4 is 6.09 Å². The molecule has 0 aromatic carbocycles. The molecule has 1 fully saturated rings. The maximum atomic E-state index is 11.6. The average molecular weight is 214 g/mol. The zero-order valence-electron chi connectivity index (χ0n) is 9.95. The number of nitrogens with zero attached hydrogens (tertiary/aromatic N) is 1. The number of hydrogen-bond donors (Lipinski definition) is 1. The first-order valence-electron chi connectivity index (χ1n) is 5.82. The highest BCUT2D eigenvalue weighted by molar-refractivity contribution is 5.67. The minimum atomic E-state index is -0.167. The second kappa shape index (κ2) is 5.95. The van der Waals surface area contributed by atoms with Crippen LogP contribution in [0.2, 0.25) is 0 Å². The largest absolute Gasteiger partial charge is 0.447 e. The Labute approximate surface area is 92.0 Å². The quantitative estimate of drug-likeness (QED) is 0.776. The molecule has 4 heteroatoms. The highest BCUT2D eigenvalue weighted by Gasteiger charge is 2.23. The van der Waals surface area contributed by atoms with Crippen molar-refractivity contribution in [3.63, 3.8) is 0 Å². The molecule has 88 valence electrons. The van der Waals surface area contributed by atoms with E-state index in [0.29, 0.717) is 6.04 Å². The Kier molecular flexibility index (Phi) is 4.88. The fourth-order valence-electron chi connectivity index (χ4n) is 1.83. The Morgan fingerprint density at radius 2 is 2.07 bits per heavy atom. The van der Waals surface area contributed by atoms with Gasteiger partial charge in [0.2, 0.25) is 0 Å². The van der Waals surface area contributed by atoms with Crippen molar-refractivity contribution in [3.05, 3.63) is 0 Å². The van der Waals surface area contributed by atoms with Gasteiger partial charge in [0.05, 0.1) is 6.10 Å². The van der Waals surface area contributed by atoms with Crippen LogP contribution >= 0.6 is 0 Å². The van der Waals surface area contributed by atoms with E-state index in [9.17, 15) is 4.79 Å². The van der Waals surface area contributed by atoms with E-state index in [0.717, 1.165) is 32.5 Å². The molecule has 1 aliphatic rings. The van der Waals surface area contributed by atoms with E-state index in [-0.39, 0.29) is 12.2 Å². The molecule has 1 N–H and O–H groups in total. The summed E-state index contributed by atoms with van der Waals surface area (Å²) in [6.45, 7) is 8.49. The van der Waals surface area contributed by atoms with Crippen LogP contribution in [0.15, 0.2) is 0 Å². The molecule has 0 unspecified atom stereocenters. The molecule has 1 rings (SSSR count). The second-order valence-electron chi connectivity index (χ2n) is 4.25. The normalized spacial score (nSPS) is 18.3. The molecule has 0 saturated carbocycles. The lowest BCUT2D eigenvalue weighted by atomic mass is 10.1.